The van der Waals surface area contributed by atoms with Gasteiger partial charge in [-0.2, -0.15) is 0 Å². The lowest BCUT2D eigenvalue weighted by Crippen LogP contribution is -2.27. The number of rotatable bonds is 1. The van der Waals surface area contributed by atoms with Crippen molar-refractivity contribution in [1.29, 1.82) is 0 Å². The number of benzene rings is 1. The zero-order valence-electron chi connectivity index (χ0n) is 14.1. The van der Waals surface area contributed by atoms with E-state index in [0.717, 1.165) is 22.3 Å². The van der Waals surface area contributed by atoms with Crippen molar-refractivity contribution in [3.05, 3.63) is 23.5 Å². The number of ether oxygens (including phenoxy) is 1. The highest BCUT2D eigenvalue weighted by atomic mass is 16.6. The molecular formula is C18H23N3O2. The molecule has 1 N–H and O–H groups in total. The minimum Gasteiger partial charge on any atom is -0.444 e. The molecule has 1 aromatic carbocycles. The summed E-state index contributed by atoms with van der Waals surface area (Å²) < 4.78 is 7.76. The first-order valence-electron chi connectivity index (χ1n) is 8.34. The summed E-state index contributed by atoms with van der Waals surface area (Å²) in [4.78, 5) is 17.0. The third-order valence-electron chi connectivity index (χ3n) is 4.74. The predicted molar refractivity (Wildman–Crippen MR) is 90.0 cm³/mol. The highest BCUT2D eigenvalue weighted by Gasteiger charge is 2.39. The van der Waals surface area contributed by atoms with Gasteiger partial charge in [0.25, 0.3) is 0 Å². The van der Waals surface area contributed by atoms with Crippen LogP contribution >= 0.6 is 0 Å². The summed E-state index contributed by atoms with van der Waals surface area (Å²) in [7, 11) is 0. The first kappa shape index (κ1) is 14.5. The maximum atomic E-state index is 12.1. The first-order chi connectivity index (χ1) is 10.8. The van der Waals surface area contributed by atoms with Crippen molar-refractivity contribution in [2.45, 2.75) is 64.5 Å². The van der Waals surface area contributed by atoms with Crippen LogP contribution in [0.1, 0.15) is 63.4 Å². The van der Waals surface area contributed by atoms with Gasteiger partial charge in [0.1, 0.15) is 16.9 Å². The molecule has 5 heteroatoms. The molecule has 1 fully saturated rings. The van der Waals surface area contributed by atoms with Gasteiger partial charge in [-0.05, 0) is 64.7 Å². The van der Waals surface area contributed by atoms with Crippen LogP contribution in [0.5, 0.6) is 0 Å². The lowest BCUT2D eigenvalue weighted by molar-refractivity contribution is 0.0636. The van der Waals surface area contributed by atoms with Crippen molar-refractivity contribution in [3.63, 3.8) is 0 Å². The molecule has 0 spiro atoms. The monoisotopic (exact) mass is 313 g/mol. The van der Waals surface area contributed by atoms with Crippen LogP contribution in [-0.2, 0) is 4.74 Å². The fourth-order valence-corrected chi connectivity index (χ4v) is 3.96. The van der Waals surface area contributed by atoms with Crippen LogP contribution in [0.3, 0.4) is 0 Å². The molecule has 2 heterocycles. The SMILES string of the molecule is Cc1cc(NC(=O)OC(C)(C)C)c2nc3n(c2c1)[C@H]1CC[C@@H]3C1. The average Bonchev–Trinajstić information content (AvgIpc) is 3.06. The Balaban J connectivity index is 1.75. The van der Waals surface area contributed by atoms with Gasteiger partial charge in [0.05, 0.1) is 11.2 Å². The molecule has 23 heavy (non-hydrogen) atoms. The molecule has 2 aliphatic rings. The summed E-state index contributed by atoms with van der Waals surface area (Å²) in [6.07, 6.45) is 3.27. The van der Waals surface area contributed by atoms with Gasteiger partial charge in [-0.15, -0.1) is 0 Å². The van der Waals surface area contributed by atoms with Crippen molar-refractivity contribution in [2.24, 2.45) is 0 Å². The van der Waals surface area contributed by atoms with Gasteiger partial charge in [-0.3, -0.25) is 5.32 Å². The molecule has 122 valence electrons. The third kappa shape index (κ3) is 2.38. The summed E-state index contributed by atoms with van der Waals surface area (Å²) in [5.74, 6) is 1.77. The fraction of sp³-hybridized carbons (Fsp3) is 0.556. The molecule has 0 unspecified atom stereocenters. The van der Waals surface area contributed by atoms with Gasteiger partial charge < -0.3 is 9.30 Å². The van der Waals surface area contributed by atoms with Gasteiger partial charge in [0.2, 0.25) is 0 Å². The van der Waals surface area contributed by atoms with Gasteiger partial charge >= 0.3 is 6.09 Å². The Morgan fingerprint density at radius 3 is 2.87 bits per heavy atom. The predicted octanol–water partition coefficient (Wildman–Crippen LogP) is 4.51. The normalized spacial score (nSPS) is 22.4. The average molecular weight is 313 g/mol. The van der Waals surface area contributed by atoms with Crippen molar-refractivity contribution in [3.8, 4) is 0 Å². The molecule has 1 amide bonds. The van der Waals surface area contributed by atoms with E-state index in [-0.39, 0.29) is 0 Å². The second kappa shape index (κ2) is 4.73. The van der Waals surface area contributed by atoms with E-state index < -0.39 is 11.7 Å². The quantitative estimate of drug-likeness (QED) is 0.842. The largest absolute Gasteiger partial charge is 0.444 e. The number of nitrogens with one attached hydrogen (secondary N) is 1. The number of fused-ring (bicyclic) bond motifs is 7. The molecule has 2 atom stereocenters. The number of hydrogen-bond acceptors (Lipinski definition) is 3. The number of nitrogens with zero attached hydrogens (tertiary/aromatic N) is 2. The molecule has 1 aromatic heterocycles. The number of hydrogen-bond donors (Lipinski definition) is 1. The molecule has 2 aromatic rings. The van der Waals surface area contributed by atoms with Crippen LogP contribution in [0, 0.1) is 6.92 Å². The maximum Gasteiger partial charge on any atom is 0.412 e. The van der Waals surface area contributed by atoms with E-state index in [9.17, 15) is 4.79 Å². The Labute approximate surface area is 136 Å². The highest BCUT2D eigenvalue weighted by Crippen LogP contribution is 2.50. The number of carbonyl (C=O) groups excluding carboxylic acids is 1. The molecule has 5 nitrogen and oxygen atoms in total. The minimum absolute atomic E-state index is 0.430. The second-order valence-corrected chi connectivity index (χ2v) is 7.81. The minimum atomic E-state index is -0.512. The number of anilines is 1. The second-order valence-electron chi connectivity index (χ2n) is 7.81. The molecule has 4 rings (SSSR count). The Hall–Kier alpha value is -2.04. The van der Waals surface area contributed by atoms with E-state index in [1.807, 2.05) is 33.8 Å². The highest BCUT2D eigenvalue weighted by molar-refractivity contribution is 5.98. The van der Waals surface area contributed by atoms with Crippen molar-refractivity contribution in [2.75, 3.05) is 5.32 Å². The zero-order valence-corrected chi connectivity index (χ0v) is 14.1. The van der Waals surface area contributed by atoms with Crippen LogP contribution in [0.25, 0.3) is 11.0 Å². The number of aromatic nitrogens is 2. The molecule has 1 saturated carbocycles. The molecule has 1 aliphatic carbocycles. The van der Waals surface area contributed by atoms with Gasteiger partial charge in [-0.25, -0.2) is 9.78 Å². The van der Waals surface area contributed by atoms with E-state index >= 15 is 0 Å². The maximum absolute atomic E-state index is 12.1. The third-order valence-corrected chi connectivity index (χ3v) is 4.74. The first-order valence-corrected chi connectivity index (χ1v) is 8.34. The molecule has 0 radical (unpaired) electrons. The zero-order chi connectivity index (χ0) is 16.4. The van der Waals surface area contributed by atoms with Crippen LogP contribution < -0.4 is 5.32 Å². The van der Waals surface area contributed by atoms with E-state index in [0.29, 0.717) is 12.0 Å². The van der Waals surface area contributed by atoms with Crippen LogP contribution in [-0.4, -0.2) is 21.2 Å². The van der Waals surface area contributed by atoms with Gasteiger partial charge in [0.15, 0.2) is 0 Å². The van der Waals surface area contributed by atoms with Crippen molar-refractivity contribution in [1.82, 2.24) is 9.55 Å². The van der Waals surface area contributed by atoms with Gasteiger partial charge in [0, 0.05) is 12.0 Å². The standard InChI is InChI=1S/C18H23N3O2/c1-10-7-13(19-17(22)23-18(2,3)4)15-14(8-10)21-12-6-5-11(9-12)16(21)20-15/h7-8,11-12H,5-6,9H2,1-4H3,(H,19,22)/t11-,12+/m1/s1. The number of aryl methyl sites for hydroxylation is 1. The van der Waals surface area contributed by atoms with Crippen LogP contribution in [0.2, 0.25) is 0 Å². The van der Waals surface area contributed by atoms with Crippen LogP contribution in [0.15, 0.2) is 12.1 Å². The summed E-state index contributed by atoms with van der Waals surface area (Å²) in [5.41, 5.74) is 3.37. The Bertz CT molecular complexity index is 801. The van der Waals surface area contributed by atoms with E-state index in [1.165, 1.54) is 25.1 Å². The number of amides is 1. The molecular weight excluding hydrogens is 290 g/mol. The van der Waals surface area contributed by atoms with Crippen LogP contribution in [0.4, 0.5) is 10.5 Å². The summed E-state index contributed by atoms with van der Waals surface area (Å²) in [6.45, 7) is 7.64. The summed E-state index contributed by atoms with van der Waals surface area (Å²) in [6, 6.07) is 4.72. The van der Waals surface area contributed by atoms with Gasteiger partial charge in [-0.1, -0.05) is 0 Å². The molecule has 2 bridgehead atoms. The van der Waals surface area contributed by atoms with E-state index in [2.05, 4.69) is 16.0 Å². The number of imidazole rings is 1. The smallest absolute Gasteiger partial charge is 0.412 e. The number of carbonyl (C=O) groups is 1. The summed E-state index contributed by atoms with van der Waals surface area (Å²) >= 11 is 0. The Kier molecular flexibility index (Phi) is 2.99. The fourth-order valence-electron chi connectivity index (χ4n) is 3.96. The lowest BCUT2D eigenvalue weighted by atomic mass is 10.1. The van der Waals surface area contributed by atoms with E-state index in [4.69, 9.17) is 9.72 Å². The Morgan fingerprint density at radius 1 is 1.35 bits per heavy atom. The van der Waals surface area contributed by atoms with E-state index in [1.54, 1.807) is 0 Å². The molecule has 0 saturated heterocycles. The Morgan fingerprint density at radius 2 is 2.13 bits per heavy atom. The van der Waals surface area contributed by atoms with Crippen molar-refractivity contribution < 1.29 is 9.53 Å². The van der Waals surface area contributed by atoms with Crippen molar-refractivity contribution >= 4 is 22.8 Å². The summed E-state index contributed by atoms with van der Waals surface area (Å²) in [5, 5.41) is 2.88. The molecule has 1 aliphatic heterocycles. The topological polar surface area (TPSA) is 56.1 Å². The lowest BCUT2D eigenvalue weighted by Gasteiger charge is -2.20.